The fourth-order valence-electron chi connectivity index (χ4n) is 3.73. The van der Waals surface area contributed by atoms with Gasteiger partial charge in [-0.05, 0) is 30.7 Å². The van der Waals surface area contributed by atoms with Crippen molar-refractivity contribution in [2.24, 2.45) is 0 Å². The van der Waals surface area contributed by atoms with E-state index in [0.717, 1.165) is 5.56 Å². The summed E-state index contributed by atoms with van der Waals surface area (Å²) < 4.78 is 35.2. The highest BCUT2D eigenvalue weighted by molar-refractivity contribution is 6.12. The van der Waals surface area contributed by atoms with Gasteiger partial charge in [0.1, 0.15) is 28.8 Å². The molecule has 0 unspecified atom stereocenters. The quantitative estimate of drug-likeness (QED) is 0.424. The fourth-order valence-corrected chi connectivity index (χ4v) is 3.73. The molecule has 1 heterocycles. The summed E-state index contributed by atoms with van der Waals surface area (Å²) in [5.41, 5.74) is 1.32. The van der Waals surface area contributed by atoms with Gasteiger partial charge in [-0.2, -0.15) is 0 Å². The maximum atomic E-state index is 13.6. The summed E-state index contributed by atoms with van der Waals surface area (Å²) in [6.45, 7) is 1.87. The highest BCUT2D eigenvalue weighted by atomic mass is 19.1. The molecule has 0 atom stereocenters. The zero-order valence-corrected chi connectivity index (χ0v) is 19.0. The lowest BCUT2D eigenvalue weighted by atomic mass is 9.96. The minimum Gasteiger partial charge on any atom is -0.496 e. The van der Waals surface area contributed by atoms with Gasteiger partial charge in [0, 0.05) is 23.1 Å². The molecular weight excluding hydrogens is 441 g/mol. The fraction of sp³-hybridized carbons (Fsp3) is 0.154. The number of carbonyl (C=O) groups is 1. The Labute approximate surface area is 194 Å². The Balaban J connectivity index is 1.93. The topological polar surface area (TPSA) is 87.0 Å². The van der Waals surface area contributed by atoms with Gasteiger partial charge in [-0.25, -0.2) is 9.18 Å². The molecule has 8 heteroatoms. The van der Waals surface area contributed by atoms with E-state index >= 15 is 0 Å². The predicted molar refractivity (Wildman–Crippen MR) is 127 cm³/mol. The summed E-state index contributed by atoms with van der Waals surface area (Å²) >= 11 is 0. The van der Waals surface area contributed by atoms with Crippen LogP contribution in [-0.2, 0) is 0 Å². The SMILES string of the molecule is COc1cc(OC)c(NC(=O)c2oc(=O)c3ccc(C)cc3c2-c2ccc(F)cc2)c(OC)c1. The molecule has 0 radical (unpaired) electrons. The Morgan fingerprint density at radius 2 is 1.53 bits per heavy atom. The number of hydrogen-bond donors (Lipinski definition) is 1. The number of hydrogen-bond acceptors (Lipinski definition) is 6. The Morgan fingerprint density at radius 3 is 2.12 bits per heavy atom. The lowest BCUT2D eigenvalue weighted by molar-refractivity contribution is 0.0993. The molecule has 34 heavy (non-hydrogen) atoms. The molecule has 0 saturated carbocycles. The monoisotopic (exact) mass is 463 g/mol. The second-order valence-electron chi connectivity index (χ2n) is 7.51. The maximum Gasteiger partial charge on any atom is 0.344 e. The first-order valence-electron chi connectivity index (χ1n) is 10.3. The van der Waals surface area contributed by atoms with Crippen LogP contribution in [-0.4, -0.2) is 27.2 Å². The van der Waals surface area contributed by atoms with Crippen molar-refractivity contribution in [1.82, 2.24) is 0 Å². The van der Waals surface area contributed by atoms with E-state index in [4.69, 9.17) is 18.6 Å². The van der Waals surface area contributed by atoms with Crippen molar-refractivity contribution in [3.05, 3.63) is 82.2 Å². The van der Waals surface area contributed by atoms with E-state index in [9.17, 15) is 14.0 Å². The van der Waals surface area contributed by atoms with Gasteiger partial charge in [0.25, 0.3) is 5.91 Å². The number of amides is 1. The Kier molecular flexibility index (Phi) is 6.23. The smallest absolute Gasteiger partial charge is 0.344 e. The molecule has 4 rings (SSSR count). The van der Waals surface area contributed by atoms with Crippen molar-refractivity contribution in [2.75, 3.05) is 26.6 Å². The number of nitrogens with one attached hydrogen (secondary N) is 1. The van der Waals surface area contributed by atoms with Crippen LogP contribution in [0.1, 0.15) is 16.1 Å². The van der Waals surface area contributed by atoms with E-state index in [2.05, 4.69) is 5.32 Å². The molecule has 3 aromatic carbocycles. The van der Waals surface area contributed by atoms with Crippen LogP contribution in [0.3, 0.4) is 0 Å². The molecule has 1 N–H and O–H groups in total. The Morgan fingerprint density at radius 1 is 0.882 bits per heavy atom. The van der Waals surface area contributed by atoms with Crippen LogP contribution in [0.4, 0.5) is 10.1 Å². The molecule has 0 spiro atoms. The van der Waals surface area contributed by atoms with Crippen molar-refractivity contribution in [3.8, 4) is 28.4 Å². The van der Waals surface area contributed by atoms with Crippen molar-refractivity contribution in [1.29, 1.82) is 0 Å². The standard InChI is InChI=1S/C26H22FNO6/c1-14-5-10-18-19(11-14)22(15-6-8-16(27)9-7-15)24(34-26(18)30)25(29)28-23-20(32-3)12-17(31-2)13-21(23)33-4/h5-13H,1-4H3,(H,28,29). The van der Waals surface area contributed by atoms with Gasteiger partial charge in [0.15, 0.2) is 0 Å². The Bertz CT molecular complexity index is 1420. The van der Waals surface area contributed by atoms with Gasteiger partial charge in [-0.15, -0.1) is 0 Å². The first-order valence-corrected chi connectivity index (χ1v) is 10.3. The number of ether oxygens (including phenoxy) is 3. The lowest BCUT2D eigenvalue weighted by Gasteiger charge is -2.17. The second kappa shape index (κ2) is 9.27. The molecule has 0 aliphatic rings. The molecule has 0 aliphatic carbocycles. The van der Waals surface area contributed by atoms with Gasteiger partial charge in [0.05, 0.1) is 26.7 Å². The molecule has 7 nitrogen and oxygen atoms in total. The molecule has 0 fully saturated rings. The van der Waals surface area contributed by atoms with E-state index in [1.165, 1.54) is 45.6 Å². The van der Waals surface area contributed by atoms with Crippen molar-refractivity contribution < 1.29 is 27.8 Å². The van der Waals surface area contributed by atoms with Crippen LogP contribution in [0.15, 0.2) is 63.8 Å². The van der Waals surface area contributed by atoms with Crippen molar-refractivity contribution >= 4 is 22.4 Å². The van der Waals surface area contributed by atoms with Crippen molar-refractivity contribution in [3.63, 3.8) is 0 Å². The van der Waals surface area contributed by atoms with E-state index in [1.807, 2.05) is 6.92 Å². The van der Waals surface area contributed by atoms with Gasteiger partial charge in [0.2, 0.25) is 5.76 Å². The minimum absolute atomic E-state index is 0.227. The number of fused-ring (bicyclic) bond motifs is 1. The summed E-state index contributed by atoms with van der Waals surface area (Å²) in [5.74, 6) is -0.332. The number of halogens is 1. The third-order valence-electron chi connectivity index (χ3n) is 5.38. The molecule has 0 bridgehead atoms. The lowest BCUT2D eigenvalue weighted by Crippen LogP contribution is -2.18. The highest BCUT2D eigenvalue weighted by Crippen LogP contribution is 2.40. The largest absolute Gasteiger partial charge is 0.496 e. The normalized spacial score (nSPS) is 10.7. The van der Waals surface area contributed by atoms with E-state index < -0.39 is 17.3 Å². The second-order valence-corrected chi connectivity index (χ2v) is 7.51. The summed E-state index contributed by atoms with van der Waals surface area (Å²) in [6.07, 6.45) is 0. The molecule has 0 aliphatic heterocycles. The third kappa shape index (κ3) is 4.17. The van der Waals surface area contributed by atoms with Crippen molar-refractivity contribution in [2.45, 2.75) is 6.92 Å². The van der Waals surface area contributed by atoms with E-state index in [1.54, 1.807) is 30.3 Å². The molecule has 0 saturated heterocycles. The first-order chi connectivity index (χ1) is 16.4. The number of benzene rings is 3. The zero-order valence-electron chi connectivity index (χ0n) is 19.0. The number of rotatable bonds is 6. The molecule has 1 amide bonds. The predicted octanol–water partition coefficient (Wildman–Crippen LogP) is 5.19. The average molecular weight is 463 g/mol. The van der Waals surface area contributed by atoms with Crippen LogP contribution in [0.5, 0.6) is 17.2 Å². The van der Waals surface area contributed by atoms with Crippen LogP contribution in [0, 0.1) is 12.7 Å². The summed E-state index contributed by atoms with van der Waals surface area (Å²) in [4.78, 5) is 26.2. The molecule has 174 valence electrons. The van der Waals surface area contributed by atoms with Gasteiger partial charge < -0.3 is 23.9 Å². The average Bonchev–Trinajstić information content (AvgIpc) is 2.84. The molecular formula is C26H22FNO6. The van der Waals surface area contributed by atoms with Gasteiger partial charge in [-0.1, -0.05) is 29.8 Å². The van der Waals surface area contributed by atoms with Crippen LogP contribution in [0.2, 0.25) is 0 Å². The van der Waals surface area contributed by atoms with Gasteiger partial charge in [-0.3, -0.25) is 4.79 Å². The van der Waals surface area contributed by atoms with E-state index in [-0.39, 0.29) is 22.9 Å². The van der Waals surface area contributed by atoms with Crippen LogP contribution < -0.4 is 25.2 Å². The van der Waals surface area contributed by atoms with Crippen LogP contribution in [0.25, 0.3) is 21.9 Å². The number of anilines is 1. The number of carbonyl (C=O) groups excluding carboxylic acids is 1. The minimum atomic E-state index is -0.707. The molecule has 1 aromatic heterocycles. The first kappa shape index (κ1) is 22.8. The number of methoxy groups -OCH3 is 3. The summed E-state index contributed by atoms with van der Waals surface area (Å²) in [5, 5.41) is 3.55. The third-order valence-corrected chi connectivity index (χ3v) is 5.38. The zero-order chi connectivity index (χ0) is 24.4. The maximum absolute atomic E-state index is 13.6. The van der Waals surface area contributed by atoms with E-state index in [0.29, 0.717) is 27.6 Å². The summed E-state index contributed by atoms with van der Waals surface area (Å²) in [6, 6.07) is 14.0. The Hall–Kier alpha value is -4.33. The van der Waals surface area contributed by atoms with Gasteiger partial charge >= 0.3 is 5.63 Å². The summed E-state index contributed by atoms with van der Waals surface area (Å²) in [7, 11) is 4.37. The van der Waals surface area contributed by atoms with Crippen LogP contribution >= 0.6 is 0 Å². The highest BCUT2D eigenvalue weighted by Gasteiger charge is 2.24. The molecule has 4 aromatic rings. The number of aryl methyl sites for hydroxylation is 1.